The minimum Gasteiger partial charge on any atom is -0.336 e. The van der Waals surface area contributed by atoms with E-state index in [-0.39, 0.29) is 5.91 Å². The van der Waals surface area contributed by atoms with Crippen LogP contribution in [-0.4, -0.2) is 23.4 Å². The molecule has 1 unspecified atom stereocenters. The maximum atomic E-state index is 12.5. The van der Waals surface area contributed by atoms with Crippen molar-refractivity contribution in [2.45, 2.75) is 51.5 Å². The summed E-state index contributed by atoms with van der Waals surface area (Å²) in [5.74, 6) is 0.286. The van der Waals surface area contributed by atoms with E-state index in [4.69, 9.17) is 0 Å². The molecule has 2 nitrogen and oxygen atoms in total. The lowest BCUT2D eigenvalue weighted by Gasteiger charge is -2.22. The Morgan fingerprint density at radius 1 is 1.35 bits per heavy atom. The van der Waals surface area contributed by atoms with Crippen LogP contribution >= 0.6 is 11.3 Å². The number of likely N-dealkylation sites (tertiary alicyclic amines) is 1. The Morgan fingerprint density at radius 3 is 2.94 bits per heavy atom. The molecule has 1 aliphatic carbocycles. The molecule has 1 aliphatic heterocycles. The van der Waals surface area contributed by atoms with Gasteiger partial charge in [-0.2, -0.15) is 0 Å². The van der Waals surface area contributed by atoms with Crippen LogP contribution in [0.4, 0.5) is 0 Å². The number of amides is 1. The van der Waals surface area contributed by atoms with Crippen molar-refractivity contribution in [2.75, 3.05) is 6.54 Å². The second-order valence-corrected chi connectivity index (χ2v) is 6.21. The van der Waals surface area contributed by atoms with Crippen LogP contribution in [0.5, 0.6) is 0 Å². The summed E-state index contributed by atoms with van der Waals surface area (Å²) in [6.45, 7) is 3.12. The van der Waals surface area contributed by atoms with E-state index in [0.717, 1.165) is 24.9 Å². The van der Waals surface area contributed by atoms with E-state index in [2.05, 4.69) is 17.2 Å². The third-order valence-corrected chi connectivity index (χ3v) is 5.19. The average molecular weight is 249 g/mol. The fraction of sp³-hybridized carbons (Fsp3) is 0.643. The summed E-state index contributed by atoms with van der Waals surface area (Å²) in [7, 11) is 0. The van der Waals surface area contributed by atoms with Crippen molar-refractivity contribution in [1.82, 2.24) is 4.90 Å². The van der Waals surface area contributed by atoms with E-state index in [1.165, 1.54) is 36.1 Å². The number of thiophene rings is 1. The van der Waals surface area contributed by atoms with Gasteiger partial charge in [-0.3, -0.25) is 4.79 Å². The highest BCUT2D eigenvalue weighted by Gasteiger charge is 2.29. The molecular formula is C14H19NOS. The summed E-state index contributed by atoms with van der Waals surface area (Å²) >= 11 is 1.79. The van der Waals surface area contributed by atoms with E-state index in [0.29, 0.717) is 6.04 Å². The molecule has 0 spiro atoms. The van der Waals surface area contributed by atoms with E-state index in [1.54, 1.807) is 11.3 Å². The normalized spacial score (nSPS) is 23.8. The zero-order valence-electron chi connectivity index (χ0n) is 10.4. The smallest absolute Gasteiger partial charge is 0.255 e. The van der Waals surface area contributed by atoms with Crippen molar-refractivity contribution >= 4 is 17.2 Å². The largest absolute Gasteiger partial charge is 0.336 e. The average Bonchev–Trinajstić information content (AvgIpc) is 2.94. The third kappa shape index (κ3) is 1.90. The fourth-order valence-electron chi connectivity index (χ4n) is 3.06. The predicted molar refractivity (Wildman–Crippen MR) is 70.7 cm³/mol. The third-order valence-electron chi connectivity index (χ3n) is 4.11. The standard InChI is InChI=1S/C14H19NOS/c1-10-5-4-8-15(10)14(16)12-9-17-13-7-3-2-6-11(12)13/h9-10H,2-8H2,1H3. The Bertz CT molecular complexity index is 437. The molecule has 0 aromatic carbocycles. The van der Waals surface area contributed by atoms with Gasteiger partial charge in [0.2, 0.25) is 0 Å². The summed E-state index contributed by atoms with van der Waals surface area (Å²) in [5.41, 5.74) is 2.38. The number of nitrogens with zero attached hydrogens (tertiary/aromatic N) is 1. The second-order valence-electron chi connectivity index (χ2n) is 5.25. The molecule has 1 aromatic rings. The van der Waals surface area contributed by atoms with Crippen LogP contribution in [0.3, 0.4) is 0 Å². The molecular weight excluding hydrogens is 230 g/mol. The van der Waals surface area contributed by atoms with Gasteiger partial charge in [-0.15, -0.1) is 11.3 Å². The van der Waals surface area contributed by atoms with Gasteiger partial charge in [-0.05, 0) is 51.0 Å². The summed E-state index contributed by atoms with van der Waals surface area (Å²) < 4.78 is 0. The maximum Gasteiger partial charge on any atom is 0.255 e. The molecule has 2 heterocycles. The van der Waals surface area contributed by atoms with Gasteiger partial charge in [0.05, 0.1) is 5.56 Å². The highest BCUT2D eigenvalue weighted by molar-refractivity contribution is 7.10. The summed E-state index contributed by atoms with van der Waals surface area (Å²) in [5, 5.41) is 2.10. The molecule has 3 heteroatoms. The first kappa shape index (κ1) is 11.3. The van der Waals surface area contributed by atoms with E-state index in [9.17, 15) is 4.79 Å². The number of fused-ring (bicyclic) bond motifs is 1. The first-order valence-corrected chi connectivity index (χ1v) is 7.55. The Hall–Kier alpha value is -0.830. The molecule has 1 aromatic heterocycles. The number of hydrogen-bond donors (Lipinski definition) is 0. The van der Waals surface area contributed by atoms with Crippen LogP contribution in [0.25, 0.3) is 0 Å². The van der Waals surface area contributed by atoms with Crippen molar-refractivity contribution in [3.05, 3.63) is 21.4 Å². The molecule has 92 valence electrons. The van der Waals surface area contributed by atoms with Crippen molar-refractivity contribution in [3.8, 4) is 0 Å². The Balaban J connectivity index is 1.88. The molecule has 1 amide bonds. The molecule has 2 aliphatic rings. The van der Waals surface area contributed by atoms with Gasteiger partial charge in [0.15, 0.2) is 0 Å². The van der Waals surface area contributed by atoms with E-state index >= 15 is 0 Å². The van der Waals surface area contributed by atoms with Gasteiger partial charge in [-0.1, -0.05) is 0 Å². The fourth-order valence-corrected chi connectivity index (χ4v) is 4.18. The molecule has 1 saturated heterocycles. The lowest BCUT2D eigenvalue weighted by Crippen LogP contribution is -2.34. The minimum atomic E-state index is 0.286. The Labute approximate surface area is 107 Å². The van der Waals surface area contributed by atoms with Crippen LogP contribution < -0.4 is 0 Å². The van der Waals surface area contributed by atoms with Crippen molar-refractivity contribution in [1.29, 1.82) is 0 Å². The van der Waals surface area contributed by atoms with Crippen LogP contribution in [0.15, 0.2) is 5.38 Å². The SMILES string of the molecule is CC1CCCN1C(=O)c1csc2c1CCCC2. The zero-order chi connectivity index (χ0) is 11.8. The molecule has 3 rings (SSSR count). The minimum absolute atomic E-state index is 0.286. The van der Waals surface area contributed by atoms with Gasteiger partial charge >= 0.3 is 0 Å². The topological polar surface area (TPSA) is 20.3 Å². The molecule has 0 bridgehead atoms. The zero-order valence-corrected chi connectivity index (χ0v) is 11.2. The molecule has 0 radical (unpaired) electrons. The van der Waals surface area contributed by atoms with Gasteiger partial charge in [-0.25, -0.2) is 0 Å². The van der Waals surface area contributed by atoms with E-state index < -0.39 is 0 Å². The lowest BCUT2D eigenvalue weighted by molar-refractivity contribution is 0.0746. The van der Waals surface area contributed by atoms with Gasteiger partial charge in [0, 0.05) is 22.8 Å². The summed E-state index contributed by atoms with van der Waals surface area (Å²) in [4.78, 5) is 16.1. The number of rotatable bonds is 1. The quantitative estimate of drug-likeness (QED) is 0.748. The monoisotopic (exact) mass is 249 g/mol. The number of carbonyl (C=O) groups is 1. The first-order valence-electron chi connectivity index (χ1n) is 6.67. The molecule has 1 fully saturated rings. The molecule has 1 atom stereocenters. The number of carbonyl (C=O) groups excluding carboxylic acids is 1. The first-order chi connectivity index (χ1) is 8.27. The molecule has 0 N–H and O–H groups in total. The number of hydrogen-bond acceptors (Lipinski definition) is 2. The summed E-state index contributed by atoms with van der Waals surface area (Å²) in [6.07, 6.45) is 7.17. The van der Waals surface area contributed by atoms with Gasteiger partial charge in [0.25, 0.3) is 5.91 Å². The molecule has 17 heavy (non-hydrogen) atoms. The number of aryl methyl sites for hydroxylation is 1. The molecule has 0 saturated carbocycles. The van der Waals surface area contributed by atoms with Crippen LogP contribution in [-0.2, 0) is 12.8 Å². The maximum absolute atomic E-state index is 12.5. The van der Waals surface area contributed by atoms with E-state index in [1.807, 2.05) is 0 Å². The Morgan fingerprint density at radius 2 is 2.18 bits per heavy atom. The van der Waals surface area contributed by atoms with Crippen LogP contribution in [0, 0.1) is 0 Å². The highest BCUT2D eigenvalue weighted by Crippen LogP contribution is 2.32. The highest BCUT2D eigenvalue weighted by atomic mass is 32.1. The Kier molecular flexibility index (Phi) is 2.95. The lowest BCUT2D eigenvalue weighted by atomic mass is 9.95. The van der Waals surface area contributed by atoms with Crippen LogP contribution in [0.1, 0.15) is 53.4 Å². The summed E-state index contributed by atoms with van der Waals surface area (Å²) in [6, 6.07) is 0.432. The second kappa shape index (κ2) is 4.45. The van der Waals surface area contributed by atoms with Gasteiger partial charge in [0.1, 0.15) is 0 Å². The van der Waals surface area contributed by atoms with Crippen molar-refractivity contribution in [2.24, 2.45) is 0 Å². The van der Waals surface area contributed by atoms with Gasteiger partial charge < -0.3 is 4.90 Å². The van der Waals surface area contributed by atoms with Crippen molar-refractivity contribution < 1.29 is 4.79 Å². The van der Waals surface area contributed by atoms with Crippen LogP contribution in [0.2, 0.25) is 0 Å². The predicted octanol–water partition coefficient (Wildman–Crippen LogP) is 3.25. The van der Waals surface area contributed by atoms with Crippen molar-refractivity contribution in [3.63, 3.8) is 0 Å².